The van der Waals surface area contributed by atoms with Crippen LogP contribution >= 0.6 is 0 Å². The maximum Gasteiger partial charge on any atom is 0.317 e. The van der Waals surface area contributed by atoms with Gasteiger partial charge in [0.2, 0.25) is 0 Å². The summed E-state index contributed by atoms with van der Waals surface area (Å²) in [5, 5.41) is 11.7. The first kappa shape index (κ1) is 17.2. The third kappa shape index (κ3) is 4.64. The van der Waals surface area contributed by atoms with Crippen molar-refractivity contribution in [2.45, 2.75) is 32.2 Å². The zero-order valence-corrected chi connectivity index (χ0v) is 12.9. The number of halogens is 2. The SMILES string of the molecule is CC(F)(F)c1ccc(CNC(=O)N2CCCC(C(=O)O)C2)cc1. The largest absolute Gasteiger partial charge is 0.481 e. The van der Waals surface area contributed by atoms with E-state index >= 15 is 0 Å². The Morgan fingerprint density at radius 3 is 2.57 bits per heavy atom. The standard InChI is InChI=1S/C16H20F2N2O3/c1-16(17,18)13-6-4-11(5-7-13)9-19-15(23)20-8-2-3-12(10-20)14(21)22/h4-7,12H,2-3,8-10H2,1H3,(H,19,23)(H,21,22). The third-order valence-electron chi connectivity index (χ3n) is 3.96. The van der Waals surface area contributed by atoms with Crippen LogP contribution in [0.5, 0.6) is 0 Å². The molecule has 2 amide bonds. The van der Waals surface area contributed by atoms with Crippen LogP contribution in [0.3, 0.4) is 0 Å². The minimum Gasteiger partial charge on any atom is -0.481 e. The highest BCUT2D eigenvalue weighted by atomic mass is 19.3. The average Bonchev–Trinajstić information content (AvgIpc) is 2.52. The number of amides is 2. The Morgan fingerprint density at radius 2 is 2.00 bits per heavy atom. The zero-order chi connectivity index (χ0) is 17.0. The van der Waals surface area contributed by atoms with Gasteiger partial charge in [0, 0.05) is 32.1 Å². The molecule has 1 aliphatic rings. The maximum absolute atomic E-state index is 13.1. The molecule has 2 rings (SSSR count). The Hall–Kier alpha value is -2.18. The number of hydrogen-bond acceptors (Lipinski definition) is 2. The van der Waals surface area contributed by atoms with Gasteiger partial charge in [0.05, 0.1) is 5.92 Å². The fraction of sp³-hybridized carbons (Fsp3) is 0.500. The molecule has 0 spiro atoms. The highest BCUT2D eigenvalue weighted by Crippen LogP contribution is 2.26. The van der Waals surface area contributed by atoms with Crippen molar-refractivity contribution in [2.24, 2.45) is 5.92 Å². The summed E-state index contributed by atoms with van der Waals surface area (Å²) in [7, 11) is 0. The molecule has 1 fully saturated rings. The zero-order valence-electron chi connectivity index (χ0n) is 12.9. The van der Waals surface area contributed by atoms with Crippen LogP contribution in [0.1, 0.15) is 30.9 Å². The highest BCUT2D eigenvalue weighted by Gasteiger charge is 2.28. The van der Waals surface area contributed by atoms with Crippen LogP contribution in [0.15, 0.2) is 24.3 Å². The van der Waals surface area contributed by atoms with Crippen molar-refractivity contribution in [1.82, 2.24) is 10.2 Å². The normalized spacial score (nSPS) is 18.6. The molecule has 0 bridgehead atoms. The van der Waals surface area contributed by atoms with E-state index in [0.717, 1.165) is 6.92 Å². The van der Waals surface area contributed by atoms with Crippen LogP contribution in [0, 0.1) is 5.92 Å². The number of alkyl halides is 2. The van der Waals surface area contributed by atoms with Gasteiger partial charge < -0.3 is 15.3 Å². The predicted molar refractivity (Wildman–Crippen MR) is 80.2 cm³/mol. The van der Waals surface area contributed by atoms with Crippen molar-refractivity contribution in [3.8, 4) is 0 Å². The lowest BCUT2D eigenvalue weighted by molar-refractivity contribution is -0.143. The van der Waals surface area contributed by atoms with Gasteiger partial charge in [0.15, 0.2) is 0 Å². The summed E-state index contributed by atoms with van der Waals surface area (Å²) in [4.78, 5) is 24.5. The van der Waals surface area contributed by atoms with Crippen LogP contribution < -0.4 is 5.32 Å². The van der Waals surface area contributed by atoms with E-state index in [2.05, 4.69) is 5.32 Å². The molecule has 1 aromatic rings. The summed E-state index contributed by atoms with van der Waals surface area (Å²) < 4.78 is 26.2. The smallest absolute Gasteiger partial charge is 0.317 e. The van der Waals surface area contributed by atoms with Crippen LogP contribution in [-0.4, -0.2) is 35.1 Å². The van der Waals surface area contributed by atoms with Gasteiger partial charge in [-0.25, -0.2) is 13.6 Å². The second kappa shape index (κ2) is 6.93. The van der Waals surface area contributed by atoms with Crippen LogP contribution in [-0.2, 0) is 17.3 Å². The number of carbonyl (C=O) groups excluding carboxylic acids is 1. The second-order valence-electron chi connectivity index (χ2n) is 5.87. The second-order valence-corrected chi connectivity index (χ2v) is 5.87. The van der Waals surface area contributed by atoms with Crippen molar-refractivity contribution in [3.63, 3.8) is 0 Å². The third-order valence-corrected chi connectivity index (χ3v) is 3.96. The minimum absolute atomic E-state index is 0.0760. The first-order valence-corrected chi connectivity index (χ1v) is 7.50. The lowest BCUT2D eigenvalue weighted by Crippen LogP contribution is -2.46. The predicted octanol–water partition coefficient (Wildman–Crippen LogP) is 2.80. The Bertz CT molecular complexity index is 570. The van der Waals surface area contributed by atoms with Gasteiger partial charge in [-0.15, -0.1) is 0 Å². The van der Waals surface area contributed by atoms with Crippen molar-refractivity contribution in [2.75, 3.05) is 13.1 Å². The van der Waals surface area contributed by atoms with Crippen LogP contribution in [0.2, 0.25) is 0 Å². The number of nitrogens with zero attached hydrogens (tertiary/aromatic N) is 1. The number of urea groups is 1. The number of rotatable bonds is 4. The van der Waals surface area contributed by atoms with E-state index in [1.165, 1.54) is 17.0 Å². The van der Waals surface area contributed by atoms with Gasteiger partial charge >= 0.3 is 12.0 Å². The summed E-state index contributed by atoms with van der Waals surface area (Å²) in [5.41, 5.74) is 0.631. The number of carboxylic acids is 1. The number of nitrogens with one attached hydrogen (secondary N) is 1. The molecule has 1 aliphatic heterocycles. The van der Waals surface area contributed by atoms with E-state index in [0.29, 0.717) is 24.9 Å². The van der Waals surface area contributed by atoms with E-state index in [1.54, 1.807) is 12.1 Å². The minimum atomic E-state index is -2.89. The van der Waals surface area contributed by atoms with Gasteiger partial charge in [0.25, 0.3) is 5.92 Å². The summed E-state index contributed by atoms with van der Waals surface area (Å²) in [5.74, 6) is -4.30. The number of carboxylic acid groups (broad SMARTS) is 1. The number of aliphatic carboxylic acids is 1. The molecule has 7 heteroatoms. The van der Waals surface area contributed by atoms with Crippen molar-refractivity contribution >= 4 is 12.0 Å². The molecule has 5 nitrogen and oxygen atoms in total. The van der Waals surface area contributed by atoms with Crippen molar-refractivity contribution in [1.29, 1.82) is 0 Å². The number of likely N-dealkylation sites (tertiary alicyclic amines) is 1. The highest BCUT2D eigenvalue weighted by molar-refractivity contribution is 5.76. The molecule has 0 radical (unpaired) electrons. The van der Waals surface area contributed by atoms with Gasteiger partial charge in [-0.2, -0.15) is 0 Å². The molecule has 0 aliphatic carbocycles. The van der Waals surface area contributed by atoms with Gasteiger partial charge in [-0.1, -0.05) is 24.3 Å². The molecule has 1 unspecified atom stereocenters. The summed E-state index contributed by atoms with van der Waals surface area (Å²) in [6.45, 7) is 1.76. The fourth-order valence-corrected chi connectivity index (χ4v) is 2.57. The summed E-state index contributed by atoms with van der Waals surface area (Å²) in [6, 6.07) is 5.43. The van der Waals surface area contributed by atoms with E-state index < -0.39 is 17.8 Å². The van der Waals surface area contributed by atoms with E-state index in [-0.39, 0.29) is 24.7 Å². The number of hydrogen-bond donors (Lipinski definition) is 2. The lowest BCUT2D eigenvalue weighted by Gasteiger charge is -2.30. The average molecular weight is 326 g/mol. The van der Waals surface area contributed by atoms with Gasteiger partial charge in [-0.05, 0) is 18.4 Å². The molecule has 1 saturated heterocycles. The Labute approximate surface area is 133 Å². The Morgan fingerprint density at radius 1 is 1.35 bits per heavy atom. The quantitative estimate of drug-likeness (QED) is 0.894. The molecule has 1 atom stereocenters. The molecule has 0 aromatic heterocycles. The molecule has 126 valence electrons. The van der Waals surface area contributed by atoms with Gasteiger partial charge in [-0.3, -0.25) is 4.79 Å². The molecule has 1 heterocycles. The lowest BCUT2D eigenvalue weighted by atomic mass is 9.99. The first-order chi connectivity index (χ1) is 10.8. The molecular formula is C16H20F2N2O3. The van der Waals surface area contributed by atoms with Gasteiger partial charge in [0.1, 0.15) is 0 Å². The van der Waals surface area contributed by atoms with Crippen LogP contribution in [0.4, 0.5) is 13.6 Å². The molecule has 1 aromatic carbocycles. The summed E-state index contributed by atoms with van der Waals surface area (Å²) >= 11 is 0. The topological polar surface area (TPSA) is 69.6 Å². The molecule has 23 heavy (non-hydrogen) atoms. The van der Waals surface area contributed by atoms with Crippen LogP contribution in [0.25, 0.3) is 0 Å². The van der Waals surface area contributed by atoms with Crippen molar-refractivity contribution < 1.29 is 23.5 Å². The number of carbonyl (C=O) groups is 2. The molecule has 2 N–H and O–H groups in total. The first-order valence-electron chi connectivity index (χ1n) is 7.50. The monoisotopic (exact) mass is 326 g/mol. The maximum atomic E-state index is 13.1. The van der Waals surface area contributed by atoms with E-state index in [4.69, 9.17) is 5.11 Å². The van der Waals surface area contributed by atoms with E-state index in [1.807, 2.05) is 0 Å². The van der Waals surface area contributed by atoms with Crippen molar-refractivity contribution in [3.05, 3.63) is 35.4 Å². The van der Waals surface area contributed by atoms with E-state index in [9.17, 15) is 18.4 Å². The Balaban J connectivity index is 1.88. The summed E-state index contributed by atoms with van der Waals surface area (Å²) in [6.07, 6.45) is 1.23. The molecular weight excluding hydrogens is 306 g/mol. The number of benzene rings is 1. The molecule has 0 saturated carbocycles. The number of piperidine rings is 1. The fourth-order valence-electron chi connectivity index (χ4n) is 2.57. The Kier molecular flexibility index (Phi) is 5.18.